The highest BCUT2D eigenvalue weighted by atomic mass is 127. The van der Waals surface area contributed by atoms with E-state index >= 15 is 0 Å². The normalized spacial score (nSPS) is 35.5. The monoisotopic (exact) mass is 466 g/mol. The number of nitrogens with zero attached hydrogens (tertiary/aromatic N) is 2. The lowest BCUT2D eigenvalue weighted by atomic mass is 9.96. The molecule has 3 rings (SSSR count). The highest BCUT2D eigenvalue weighted by molar-refractivity contribution is 14.0. The highest BCUT2D eigenvalue weighted by Crippen LogP contribution is 2.34. The number of fused-ring (bicyclic) bond motifs is 2. The van der Waals surface area contributed by atoms with Crippen molar-refractivity contribution in [2.75, 3.05) is 32.7 Å². The molecule has 5 atom stereocenters. The standard InChI is InChI=1S/C18H34N4O2.HI/c1-4-19-18(21-16-10-15-6-7-17(16)24-15)20-8-5-9-22-11-13(2)23-14(3)12-22;/h13-17H,4-12H2,1-3H3,(H2,19,20,21);1H. The Morgan fingerprint density at radius 2 is 1.92 bits per heavy atom. The SMILES string of the molecule is CCNC(=NCCCN1CC(C)OC(C)C1)NC1CC2CCC1O2.I. The number of ether oxygens (including phenoxy) is 2. The van der Waals surface area contributed by atoms with Crippen molar-refractivity contribution < 1.29 is 9.47 Å². The van der Waals surface area contributed by atoms with Crippen molar-refractivity contribution in [3.63, 3.8) is 0 Å². The summed E-state index contributed by atoms with van der Waals surface area (Å²) in [5, 5.41) is 6.95. The van der Waals surface area contributed by atoms with Gasteiger partial charge in [0.15, 0.2) is 5.96 Å². The molecule has 2 bridgehead atoms. The second kappa shape index (κ2) is 10.3. The molecule has 6 nitrogen and oxygen atoms in total. The second-order valence-electron chi connectivity index (χ2n) is 7.49. The third-order valence-corrected chi connectivity index (χ3v) is 5.17. The Morgan fingerprint density at radius 3 is 2.52 bits per heavy atom. The van der Waals surface area contributed by atoms with Crippen molar-refractivity contribution >= 4 is 29.9 Å². The summed E-state index contributed by atoms with van der Waals surface area (Å²) in [5.74, 6) is 0.947. The van der Waals surface area contributed by atoms with Crippen LogP contribution < -0.4 is 10.6 Å². The fraction of sp³-hybridized carbons (Fsp3) is 0.944. The summed E-state index contributed by atoms with van der Waals surface area (Å²) >= 11 is 0. The van der Waals surface area contributed by atoms with Gasteiger partial charge in [-0.3, -0.25) is 9.89 Å². The zero-order valence-electron chi connectivity index (χ0n) is 15.9. The van der Waals surface area contributed by atoms with Crippen LogP contribution in [0.1, 0.15) is 46.5 Å². The molecule has 5 unspecified atom stereocenters. The van der Waals surface area contributed by atoms with E-state index in [0.29, 0.717) is 30.5 Å². The zero-order valence-corrected chi connectivity index (χ0v) is 18.2. The summed E-state index contributed by atoms with van der Waals surface area (Å²) in [4.78, 5) is 7.26. The molecule has 0 radical (unpaired) electrons. The van der Waals surface area contributed by atoms with Gasteiger partial charge in [0, 0.05) is 32.7 Å². The van der Waals surface area contributed by atoms with E-state index < -0.39 is 0 Å². The molecule has 0 amide bonds. The lowest BCUT2D eigenvalue weighted by molar-refractivity contribution is -0.0679. The first-order valence-corrected chi connectivity index (χ1v) is 9.72. The molecule has 25 heavy (non-hydrogen) atoms. The van der Waals surface area contributed by atoms with Crippen molar-refractivity contribution in [3.8, 4) is 0 Å². The van der Waals surface area contributed by atoms with E-state index in [9.17, 15) is 0 Å². The van der Waals surface area contributed by atoms with E-state index in [0.717, 1.165) is 51.5 Å². The fourth-order valence-corrected chi connectivity index (χ4v) is 4.24. The quantitative estimate of drug-likeness (QED) is 0.272. The van der Waals surface area contributed by atoms with Gasteiger partial charge in [-0.25, -0.2) is 0 Å². The van der Waals surface area contributed by atoms with Gasteiger partial charge in [-0.2, -0.15) is 0 Å². The molecule has 2 N–H and O–H groups in total. The Labute approximate surface area is 169 Å². The van der Waals surface area contributed by atoms with E-state index in [1.165, 1.54) is 12.8 Å². The predicted octanol–water partition coefficient (Wildman–Crippen LogP) is 1.98. The summed E-state index contributed by atoms with van der Waals surface area (Å²) in [6, 6.07) is 0.433. The molecule has 7 heteroatoms. The minimum atomic E-state index is 0. The molecule has 0 aliphatic carbocycles. The van der Waals surface area contributed by atoms with E-state index in [1.54, 1.807) is 0 Å². The van der Waals surface area contributed by atoms with Crippen molar-refractivity contribution in [1.29, 1.82) is 0 Å². The molecular formula is C18H35IN4O2. The number of aliphatic imine (C=N–C) groups is 1. The molecule has 0 saturated carbocycles. The van der Waals surface area contributed by atoms with E-state index in [1.807, 2.05) is 0 Å². The van der Waals surface area contributed by atoms with Crippen LogP contribution in [0.4, 0.5) is 0 Å². The third-order valence-electron chi connectivity index (χ3n) is 5.17. The van der Waals surface area contributed by atoms with Crippen LogP contribution >= 0.6 is 24.0 Å². The molecule has 0 aromatic heterocycles. The number of rotatable bonds is 6. The van der Waals surface area contributed by atoms with E-state index in [2.05, 4.69) is 36.3 Å². The maximum Gasteiger partial charge on any atom is 0.191 e. The third kappa shape index (κ3) is 6.22. The maximum atomic E-state index is 5.93. The van der Waals surface area contributed by atoms with Crippen LogP contribution in [0.2, 0.25) is 0 Å². The number of hydrogen-bond acceptors (Lipinski definition) is 4. The Kier molecular flexibility index (Phi) is 8.71. The minimum absolute atomic E-state index is 0. The molecule has 3 fully saturated rings. The van der Waals surface area contributed by atoms with Gasteiger partial charge in [-0.15, -0.1) is 24.0 Å². The van der Waals surface area contributed by atoms with Gasteiger partial charge in [0.25, 0.3) is 0 Å². The Morgan fingerprint density at radius 1 is 1.16 bits per heavy atom. The fourth-order valence-electron chi connectivity index (χ4n) is 4.24. The minimum Gasteiger partial charge on any atom is -0.373 e. The first kappa shape index (κ1) is 21.2. The molecule has 0 aromatic carbocycles. The van der Waals surface area contributed by atoms with Gasteiger partial charge in [0.2, 0.25) is 0 Å². The molecule has 146 valence electrons. The highest BCUT2D eigenvalue weighted by Gasteiger charge is 2.41. The zero-order chi connectivity index (χ0) is 16.9. The molecule has 0 spiro atoms. The van der Waals surface area contributed by atoms with Crippen LogP contribution in [-0.2, 0) is 9.47 Å². The topological polar surface area (TPSA) is 58.1 Å². The molecule has 3 aliphatic heterocycles. The van der Waals surface area contributed by atoms with Crippen LogP contribution in [0.15, 0.2) is 4.99 Å². The van der Waals surface area contributed by atoms with Crippen molar-refractivity contribution in [1.82, 2.24) is 15.5 Å². The smallest absolute Gasteiger partial charge is 0.191 e. The van der Waals surface area contributed by atoms with Crippen LogP contribution in [0.5, 0.6) is 0 Å². The predicted molar refractivity (Wildman–Crippen MR) is 112 cm³/mol. The van der Waals surface area contributed by atoms with Crippen LogP contribution in [0.25, 0.3) is 0 Å². The molecule has 0 aromatic rings. The van der Waals surface area contributed by atoms with Gasteiger partial charge < -0.3 is 20.1 Å². The molecule has 3 aliphatic rings. The number of nitrogens with one attached hydrogen (secondary N) is 2. The summed E-state index contributed by atoms with van der Waals surface area (Å²) in [6.45, 7) is 11.4. The van der Waals surface area contributed by atoms with Crippen molar-refractivity contribution in [3.05, 3.63) is 0 Å². The molecule has 3 saturated heterocycles. The largest absolute Gasteiger partial charge is 0.373 e. The molecule has 3 heterocycles. The average molecular weight is 466 g/mol. The first-order chi connectivity index (χ1) is 11.6. The lowest BCUT2D eigenvalue weighted by Crippen LogP contribution is -2.47. The van der Waals surface area contributed by atoms with Crippen molar-refractivity contribution in [2.45, 2.75) is 76.9 Å². The van der Waals surface area contributed by atoms with Crippen LogP contribution in [0, 0.1) is 0 Å². The van der Waals surface area contributed by atoms with Gasteiger partial charge in [-0.05, 0) is 46.5 Å². The first-order valence-electron chi connectivity index (χ1n) is 9.72. The second-order valence-corrected chi connectivity index (χ2v) is 7.49. The van der Waals surface area contributed by atoms with Crippen LogP contribution in [0.3, 0.4) is 0 Å². The van der Waals surface area contributed by atoms with E-state index in [-0.39, 0.29) is 24.0 Å². The Balaban J connectivity index is 0.00000225. The summed E-state index contributed by atoms with van der Waals surface area (Å²) in [5.41, 5.74) is 0. The Hall–Kier alpha value is -0.120. The number of guanidine groups is 1. The van der Waals surface area contributed by atoms with Crippen molar-refractivity contribution in [2.24, 2.45) is 4.99 Å². The van der Waals surface area contributed by atoms with E-state index in [4.69, 9.17) is 14.5 Å². The number of hydrogen-bond donors (Lipinski definition) is 2. The van der Waals surface area contributed by atoms with Gasteiger partial charge >= 0.3 is 0 Å². The summed E-state index contributed by atoms with van der Waals surface area (Å²) in [7, 11) is 0. The van der Waals surface area contributed by atoms with Gasteiger partial charge in [0.05, 0.1) is 30.5 Å². The lowest BCUT2D eigenvalue weighted by Gasteiger charge is -2.35. The average Bonchev–Trinajstić information content (AvgIpc) is 3.13. The Bertz CT molecular complexity index is 427. The number of halogens is 1. The number of morpholine rings is 1. The maximum absolute atomic E-state index is 5.93. The molecular weight excluding hydrogens is 431 g/mol. The summed E-state index contributed by atoms with van der Waals surface area (Å²) < 4.78 is 11.7. The van der Waals surface area contributed by atoms with Gasteiger partial charge in [0.1, 0.15) is 0 Å². The van der Waals surface area contributed by atoms with Gasteiger partial charge in [-0.1, -0.05) is 0 Å². The summed E-state index contributed by atoms with van der Waals surface area (Å²) in [6.07, 6.45) is 6.17. The van der Waals surface area contributed by atoms with Crippen LogP contribution in [-0.4, -0.2) is 74.0 Å².